The van der Waals surface area contributed by atoms with Crippen LogP contribution in [0.2, 0.25) is 0 Å². The molecule has 1 N–H and O–H groups in total. The molecule has 0 atom stereocenters. The maximum absolute atomic E-state index is 12.0. The molecule has 0 bridgehead atoms. The van der Waals surface area contributed by atoms with Crippen molar-refractivity contribution in [2.75, 3.05) is 6.54 Å². The Kier molecular flexibility index (Phi) is 4.56. The summed E-state index contributed by atoms with van der Waals surface area (Å²) >= 11 is 0. The highest BCUT2D eigenvalue weighted by molar-refractivity contribution is 5.78. The Morgan fingerprint density at radius 3 is 2.77 bits per heavy atom. The van der Waals surface area contributed by atoms with E-state index >= 15 is 0 Å². The monoisotopic (exact) mass is 297 g/mol. The average molecular weight is 297 g/mol. The molecule has 0 aliphatic heterocycles. The number of benzene rings is 1. The van der Waals surface area contributed by atoms with Gasteiger partial charge < -0.3 is 9.88 Å². The van der Waals surface area contributed by atoms with Gasteiger partial charge in [-0.15, -0.1) is 0 Å². The van der Waals surface area contributed by atoms with Gasteiger partial charge in [0.05, 0.1) is 6.42 Å². The molecule has 1 aromatic heterocycles. The van der Waals surface area contributed by atoms with E-state index in [1.165, 1.54) is 30.8 Å². The third-order valence-corrected chi connectivity index (χ3v) is 4.42. The number of amides is 1. The Bertz CT molecular complexity index is 629. The summed E-state index contributed by atoms with van der Waals surface area (Å²) in [7, 11) is 0. The van der Waals surface area contributed by atoms with E-state index in [9.17, 15) is 4.79 Å². The second kappa shape index (κ2) is 6.77. The van der Waals surface area contributed by atoms with Crippen molar-refractivity contribution < 1.29 is 4.79 Å². The van der Waals surface area contributed by atoms with Gasteiger partial charge in [-0.3, -0.25) is 4.79 Å². The van der Waals surface area contributed by atoms with Gasteiger partial charge in [-0.2, -0.15) is 0 Å². The van der Waals surface area contributed by atoms with Gasteiger partial charge in [0.1, 0.15) is 5.82 Å². The van der Waals surface area contributed by atoms with Crippen LogP contribution in [0.4, 0.5) is 0 Å². The van der Waals surface area contributed by atoms with Crippen LogP contribution in [-0.4, -0.2) is 22.0 Å². The molecule has 0 radical (unpaired) electrons. The number of hydrogen-bond acceptors (Lipinski definition) is 2. The van der Waals surface area contributed by atoms with Gasteiger partial charge in [-0.25, -0.2) is 4.98 Å². The zero-order valence-electron chi connectivity index (χ0n) is 13.1. The molecule has 0 saturated heterocycles. The Morgan fingerprint density at radius 2 is 2.09 bits per heavy atom. The minimum atomic E-state index is 0.0779. The predicted molar refractivity (Wildman–Crippen MR) is 86.7 cm³/mol. The molecule has 1 fully saturated rings. The molecule has 22 heavy (non-hydrogen) atoms. The zero-order chi connectivity index (χ0) is 15.4. The summed E-state index contributed by atoms with van der Waals surface area (Å²) in [5.41, 5.74) is 2.23. The fourth-order valence-corrected chi connectivity index (χ4v) is 2.91. The smallest absolute Gasteiger partial charge is 0.224 e. The number of rotatable bonds is 6. The van der Waals surface area contributed by atoms with Gasteiger partial charge in [0.15, 0.2) is 0 Å². The number of nitrogens with one attached hydrogen (secondary N) is 1. The van der Waals surface area contributed by atoms with Crippen LogP contribution in [0.5, 0.6) is 0 Å². The lowest BCUT2D eigenvalue weighted by atomic mass is 9.85. The molecule has 1 aliphatic carbocycles. The number of nitrogens with zero attached hydrogens (tertiary/aromatic N) is 2. The van der Waals surface area contributed by atoms with Gasteiger partial charge in [0.25, 0.3) is 0 Å². The predicted octanol–water partition coefficient (Wildman–Crippen LogP) is 2.82. The third-order valence-electron chi connectivity index (χ3n) is 4.42. The third kappa shape index (κ3) is 3.38. The molecule has 0 spiro atoms. The highest BCUT2D eigenvalue weighted by Gasteiger charge is 2.24. The maximum Gasteiger partial charge on any atom is 0.224 e. The van der Waals surface area contributed by atoms with Crippen LogP contribution in [0.3, 0.4) is 0 Å². The first-order valence-electron chi connectivity index (χ1n) is 8.06. The Balaban J connectivity index is 1.51. The van der Waals surface area contributed by atoms with Crippen molar-refractivity contribution in [3.8, 4) is 0 Å². The van der Waals surface area contributed by atoms with E-state index in [0.29, 0.717) is 18.9 Å². The quantitative estimate of drug-likeness (QED) is 0.891. The molecule has 3 rings (SSSR count). The van der Waals surface area contributed by atoms with Crippen molar-refractivity contribution in [1.82, 2.24) is 14.9 Å². The topological polar surface area (TPSA) is 46.9 Å². The van der Waals surface area contributed by atoms with Gasteiger partial charge in [0, 0.05) is 30.9 Å². The summed E-state index contributed by atoms with van der Waals surface area (Å²) in [4.78, 5) is 16.5. The van der Waals surface area contributed by atoms with Crippen LogP contribution in [0, 0.1) is 6.92 Å². The molecule has 1 heterocycles. The van der Waals surface area contributed by atoms with Crippen LogP contribution >= 0.6 is 0 Å². The molecule has 0 unspecified atom stereocenters. The van der Waals surface area contributed by atoms with Crippen molar-refractivity contribution >= 4 is 5.91 Å². The molecular weight excluding hydrogens is 274 g/mol. The standard InChI is InChI=1S/C18H23N3O/c1-14-13-20-18(16-8-5-9-16)21(14)11-10-19-17(22)12-15-6-3-2-4-7-15/h2-4,6-7,13,16H,5,8-12H2,1H3,(H,19,22). The molecule has 4 heteroatoms. The van der Waals surface area contributed by atoms with Crippen LogP contribution < -0.4 is 5.32 Å². The van der Waals surface area contributed by atoms with Crippen molar-refractivity contribution in [1.29, 1.82) is 0 Å². The number of aromatic nitrogens is 2. The van der Waals surface area contributed by atoms with E-state index in [4.69, 9.17) is 0 Å². The first-order valence-corrected chi connectivity index (χ1v) is 8.06. The molecule has 1 amide bonds. The second-order valence-electron chi connectivity index (χ2n) is 6.05. The molecule has 1 aromatic carbocycles. The van der Waals surface area contributed by atoms with Crippen LogP contribution in [0.15, 0.2) is 36.5 Å². The second-order valence-corrected chi connectivity index (χ2v) is 6.05. The molecule has 4 nitrogen and oxygen atoms in total. The van der Waals surface area contributed by atoms with E-state index in [2.05, 4.69) is 21.8 Å². The fourth-order valence-electron chi connectivity index (χ4n) is 2.91. The van der Waals surface area contributed by atoms with E-state index in [1.807, 2.05) is 36.5 Å². The largest absolute Gasteiger partial charge is 0.354 e. The fraction of sp³-hybridized carbons (Fsp3) is 0.444. The van der Waals surface area contributed by atoms with Crippen molar-refractivity contribution in [2.45, 2.75) is 45.1 Å². The molecular formula is C18H23N3O. The summed E-state index contributed by atoms with van der Waals surface area (Å²) in [6.07, 6.45) is 6.19. The van der Waals surface area contributed by atoms with Gasteiger partial charge in [-0.05, 0) is 25.3 Å². The lowest BCUT2D eigenvalue weighted by Crippen LogP contribution is -2.29. The highest BCUT2D eigenvalue weighted by Crippen LogP contribution is 2.35. The summed E-state index contributed by atoms with van der Waals surface area (Å²) in [6.45, 7) is 3.54. The van der Waals surface area contributed by atoms with E-state index in [0.717, 1.165) is 12.1 Å². The summed E-state index contributed by atoms with van der Waals surface area (Å²) < 4.78 is 2.26. The summed E-state index contributed by atoms with van der Waals surface area (Å²) in [5, 5.41) is 3.01. The number of carbonyl (C=O) groups is 1. The van der Waals surface area contributed by atoms with Crippen molar-refractivity contribution in [3.05, 3.63) is 53.6 Å². The molecule has 116 valence electrons. The first-order chi connectivity index (χ1) is 10.7. The number of carbonyl (C=O) groups excluding carboxylic acids is 1. The Labute approximate surface area is 131 Å². The molecule has 1 saturated carbocycles. The van der Waals surface area contributed by atoms with Gasteiger partial charge in [-0.1, -0.05) is 36.8 Å². The Hall–Kier alpha value is -2.10. The normalized spacial score (nSPS) is 14.6. The van der Waals surface area contributed by atoms with E-state index < -0.39 is 0 Å². The minimum Gasteiger partial charge on any atom is -0.354 e. The minimum absolute atomic E-state index is 0.0779. The zero-order valence-corrected chi connectivity index (χ0v) is 13.1. The highest BCUT2D eigenvalue weighted by atomic mass is 16.1. The van der Waals surface area contributed by atoms with Crippen LogP contribution in [0.25, 0.3) is 0 Å². The SMILES string of the molecule is Cc1cnc(C2CCC2)n1CCNC(=O)Cc1ccccc1. The van der Waals surface area contributed by atoms with Crippen LogP contribution in [-0.2, 0) is 17.8 Å². The number of hydrogen-bond donors (Lipinski definition) is 1. The first kappa shape index (κ1) is 14.8. The van der Waals surface area contributed by atoms with Crippen molar-refractivity contribution in [3.63, 3.8) is 0 Å². The lowest BCUT2D eigenvalue weighted by molar-refractivity contribution is -0.120. The van der Waals surface area contributed by atoms with E-state index in [-0.39, 0.29) is 5.91 Å². The summed E-state index contributed by atoms with van der Waals surface area (Å²) in [6, 6.07) is 9.85. The Morgan fingerprint density at radius 1 is 1.32 bits per heavy atom. The number of imidazole rings is 1. The number of aryl methyl sites for hydroxylation is 1. The molecule has 1 aliphatic rings. The average Bonchev–Trinajstić information content (AvgIpc) is 2.80. The van der Waals surface area contributed by atoms with Crippen molar-refractivity contribution in [2.24, 2.45) is 0 Å². The maximum atomic E-state index is 12.0. The summed E-state index contributed by atoms with van der Waals surface area (Å²) in [5.74, 6) is 1.89. The lowest BCUT2D eigenvalue weighted by Gasteiger charge is -2.26. The molecule has 2 aromatic rings. The van der Waals surface area contributed by atoms with E-state index in [1.54, 1.807) is 0 Å². The van der Waals surface area contributed by atoms with Gasteiger partial charge in [0.2, 0.25) is 5.91 Å². The van der Waals surface area contributed by atoms with Crippen LogP contribution in [0.1, 0.15) is 42.3 Å². The van der Waals surface area contributed by atoms with Gasteiger partial charge >= 0.3 is 0 Å².